The van der Waals surface area contributed by atoms with Crippen LogP contribution in [0.5, 0.6) is 0 Å². The van der Waals surface area contributed by atoms with Gasteiger partial charge in [-0.05, 0) is 19.1 Å². The molecule has 0 atom stereocenters. The summed E-state index contributed by atoms with van der Waals surface area (Å²) in [5.41, 5.74) is -0.663. The van der Waals surface area contributed by atoms with Crippen molar-refractivity contribution in [2.75, 3.05) is 5.32 Å². The first kappa shape index (κ1) is 17.6. The van der Waals surface area contributed by atoms with Gasteiger partial charge < -0.3 is 5.32 Å². The second-order valence-corrected chi connectivity index (χ2v) is 5.52. The van der Waals surface area contributed by atoms with E-state index in [-0.39, 0.29) is 5.56 Å². The van der Waals surface area contributed by atoms with Crippen molar-refractivity contribution in [2.45, 2.75) is 6.92 Å². The van der Waals surface area contributed by atoms with Gasteiger partial charge in [0.25, 0.3) is 5.91 Å². The van der Waals surface area contributed by atoms with E-state index in [1.807, 2.05) is 5.32 Å². The molecule has 0 aliphatic heterocycles. The molecule has 0 fully saturated rings. The van der Waals surface area contributed by atoms with E-state index >= 15 is 0 Å². The Balaban J connectivity index is 1.97. The smallest absolute Gasteiger partial charge is 0.261 e. The van der Waals surface area contributed by atoms with E-state index in [1.54, 1.807) is 14.0 Å². The number of nitrogens with zero attached hydrogens (tertiary/aromatic N) is 3. The molecule has 9 heteroatoms. The van der Waals surface area contributed by atoms with Crippen LogP contribution in [0.25, 0.3) is 11.1 Å². The molecule has 0 saturated carbocycles. The highest BCUT2D eigenvalue weighted by atomic mass is 19.2. The Morgan fingerprint density at radius 1 is 1.04 bits per heavy atom. The van der Waals surface area contributed by atoms with Gasteiger partial charge in [0.2, 0.25) is 0 Å². The highest BCUT2D eigenvalue weighted by Gasteiger charge is 2.22. The highest BCUT2D eigenvalue weighted by Crippen LogP contribution is 2.30. The maximum Gasteiger partial charge on any atom is 0.261 e. The molecule has 5 nitrogen and oxygen atoms in total. The van der Waals surface area contributed by atoms with Gasteiger partial charge in [-0.25, -0.2) is 17.6 Å². The van der Waals surface area contributed by atoms with Crippen molar-refractivity contribution in [1.29, 1.82) is 0 Å². The summed E-state index contributed by atoms with van der Waals surface area (Å²) in [4.78, 5) is 15.3. The van der Waals surface area contributed by atoms with E-state index in [2.05, 4.69) is 10.1 Å². The molecule has 0 spiro atoms. The predicted molar refractivity (Wildman–Crippen MR) is 85.4 cm³/mol. The summed E-state index contributed by atoms with van der Waals surface area (Å²) in [5.74, 6) is -6.26. The van der Waals surface area contributed by atoms with Crippen molar-refractivity contribution in [1.82, 2.24) is 14.8 Å². The van der Waals surface area contributed by atoms with E-state index in [0.29, 0.717) is 23.7 Å². The first-order valence-electron chi connectivity index (χ1n) is 7.38. The molecule has 2 heterocycles. The average molecular weight is 364 g/mol. The molecule has 3 aromatic rings. The maximum absolute atomic E-state index is 14.4. The molecule has 0 bridgehead atoms. The SMILES string of the molecule is Cc1nn(C)cc1-c1ccc(NC(=O)c2c(F)cncc2F)c(F)c1F. The topological polar surface area (TPSA) is 59.8 Å². The van der Waals surface area contributed by atoms with Crippen LogP contribution in [-0.4, -0.2) is 20.7 Å². The number of aromatic nitrogens is 3. The standard InChI is InChI=1S/C17H12F4N4O/c1-8-10(7-25(2)24-8)9-3-4-13(16(21)15(9)20)23-17(26)14-11(18)5-22-6-12(14)19/h3-7H,1-2H3,(H,23,26). The monoisotopic (exact) mass is 364 g/mol. The third-order valence-corrected chi connectivity index (χ3v) is 3.71. The number of hydrogen-bond acceptors (Lipinski definition) is 3. The molecule has 0 aliphatic carbocycles. The van der Waals surface area contributed by atoms with Crippen molar-refractivity contribution < 1.29 is 22.4 Å². The summed E-state index contributed by atoms with van der Waals surface area (Å²) in [5, 5.41) is 6.02. The summed E-state index contributed by atoms with van der Waals surface area (Å²) < 4.78 is 57.4. The Kier molecular flexibility index (Phi) is 4.45. The summed E-state index contributed by atoms with van der Waals surface area (Å²) >= 11 is 0. The maximum atomic E-state index is 14.4. The van der Waals surface area contributed by atoms with Gasteiger partial charge in [0, 0.05) is 24.4 Å². The van der Waals surface area contributed by atoms with Crippen LogP contribution in [0.4, 0.5) is 23.2 Å². The van der Waals surface area contributed by atoms with Crippen LogP contribution in [-0.2, 0) is 7.05 Å². The van der Waals surface area contributed by atoms with E-state index in [9.17, 15) is 22.4 Å². The number of carbonyl (C=O) groups excluding carboxylic acids is 1. The first-order chi connectivity index (χ1) is 12.3. The zero-order chi connectivity index (χ0) is 19.0. The lowest BCUT2D eigenvalue weighted by molar-refractivity contribution is 0.101. The van der Waals surface area contributed by atoms with Crippen molar-refractivity contribution >= 4 is 11.6 Å². The first-order valence-corrected chi connectivity index (χ1v) is 7.38. The van der Waals surface area contributed by atoms with E-state index in [4.69, 9.17) is 0 Å². The van der Waals surface area contributed by atoms with E-state index in [0.717, 1.165) is 6.07 Å². The number of halogens is 4. The lowest BCUT2D eigenvalue weighted by Crippen LogP contribution is -2.17. The number of carbonyl (C=O) groups is 1. The van der Waals surface area contributed by atoms with Crippen LogP contribution in [0.2, 0.25) is 0 Å². The number of anilines is 1. The number of nitrogens with one attached hydrogen (secondary N) is 1. The van der Waals surface area contributed by atoms with Crippen molar-refractivity contribution in [3.63, 3.8) is 0 Å². The largest absolute Gasteiger partial charge is 0.319 e. The van der Waals surface area contributed by atoms with Gasteiger partial charge in [-0.15, -0.1) is 0 Å². The van der Waals surface area contributed by atoms with Crippen LogP contribution in [0.15, 0.2) is 30.7 Å². The number of hydrogen-bond donors (Lipinski definition) is 1. The van der Waals surface area contributed by atoms with Gasteiger partial charge in [-0.3, -0.25) is 14.5 Å². The van der Waals surface area contributed by atoms with Crippen LogP contribution in [0.1, 0.15) is 16.1 Å². The fraction of sp³-hybridized carbons (Fsp3) is 0.118. The highest BCUT2D eigenvalue weighted by molar-refractivity contribution is 6.04. The van der Waals surface area contributed by atoms with Crippen LogP contribution in [0.3, 0.4) is 0 Å². The fourth-order valence-electron chi connectivity index (χ4n) is 2.53. The normalized spacial score (nSPS) is 10.8. The van der Waals surface area contributed by atoms with Crippen molar-refractivity contribution in [3.05, 3.63) is 65.2 Å². The van der Waals surface area contributed by atoms with E-state index in [1.165, 1.54) is 16.9 Å². The minimum Gasteiger partial charge on any atom is -0.319 e. The fourth-order valence-corrected chi connectivity index (χ4v) is 2.53. The second kappa shape index (κ2) is 6.58. The van der Waals surface area contributed by atoms with Crippen LogP contribution < -0.4 is 5.32 Å². The van der Waals surface area contributed by atoms with Gasteiger partial charge in [0.1, 0.15) is 5.56 Å². The van der Waals surface area contributed by atoms with Crippen LogP contribution >= 0.6 is 0 Å². The molecule has 1 N–H and O–H groups in total. The number of rotatable bonds is 3. The molecule has 1 amide bonds. The molecule has 3 rings (SSSR count). The number of amides is 1. The van der Waals surface area contributed by atoms with Gasteiger partial charge in [-0.2, -0.15) is 5.10 Å². The van der Waals surface area contributed by atoms with Gasteiger partial charge >= 0.3 is 0 Å². The molecule has 0 aliphatic rings. The molecular formula is C17H12F4N4O. The van der Waals surface area contributed by atoms with Gasteiger partial charge in [0.15, 0.2) is 23.3 Å². The molecular weight excluding hydrogens is 352 g/mol. The summed E-state index contributed by atoms with van der Waals surface area (Å²) in [6, 6.07) is 2.35. The quantitative estimate of drug-likeness (QED) is 0.723. The average Bonchev–Trinajstić information content (AvgIpc) is 2.90. The third-order valence-electron chi connectivity index (χ3n) is 3.71. The van der Waals surface area contributed by atoms with E-state index < -0.39 is 40.4 Å². The predicted octanol–water partition coefficient (Wildman–Crippen LogP) is 3.60. The molecule has 0 saturated heterocycles. The number of pyridine rings is 1. The summed E-state index contributed by atoms with van der Waals surface area (Å²) in [6.07, 6.45) is 2.81. The minimum atomic E-state index is -1.35. The second-order valence-electron chi connectivity index (χ2n) is 5.52. The molecule has 26 heavy (non-hydrogen) atoms. The summed E-state index contributed by atoms with van der Waals surface area (Å²) in [6.45, 7) is 1.64. The Labute approximate surface area is 145 Å². The lowest BCUT2D eigenvalue weighted by atomic mass is 10.1. The Morgan fingerprint density at radius 3 is 2.27 bits per heavy atom. The van der Waals surface area contributed by atoms with Crippen molar-refractivity contribution in [2.24, 2.45) is 7.05 Å². The Hall–Kier alpha value is -3.23. The molecule has 0 radical (unpaired) electrons. The Bertz CT molecular complexity index is 996. The van der Waals surface area contributed by atoms with Crippen LogP contribution in [0, 0.1) is 30.2 Å². The lowest BCUT2D eigenvalue weighted by Gasteiger charge is -2.10. The number of benzene rings is 1. The zero-order valence-corrected chi connectivity index (χ0v) is 13.6. The number of aryl methyl sites for hydroxylation is 2. The minimum absolute atomic E-state index is 0.0487. The molecule has 2 aromatic heterocycles. The molecule has 134 valence electrons. The zero-order valence-electron chi connectivity index (χ0n) is 13.6. The summed E-state index contributed by atoms with van der Waals surface area (Å²) in [7, 11) is 1.64. The molecule has 0 unspecified atom stereocenters. The Morgan fingerprint density at radius 2 is 1.69 bits per heavy atom. The third kappa shape index (κ3) is 3.03. The molecule has 1 aromatic carbocycles. The van der Waals surface area contributed by atoms with Gasteiger partial charge in [-0.1, -0.05) is 0 Å². The van der Waals surface area contributed by atoms with Gasteiger partial charge in [0.05, 0.1) is 23.8 Å². The van der Waals surface area contributed by atoms with Crippen molar-refractivity contribution in [3.8, 4) is 11.1 Å².